The number of carbonyl (C=O) groups is 1. The maximum absolute atomic E-state index is 11.7. The Morgan fingerprint density at radius 3 is 2.45 bits per heavy atom. The minimum atomic E-state index is -3.26. The van der Waals surface area contributed by atoms with Crippen molar-refractivity contribution >= 4 is 15.9 Å². The monoisotopic (exact) mass is 328 g/mol. The summed E-state index contributed by atoms with van der Waals surface area (Å²) in [7, 11) is -3.26. The van der Waals surface area contributed by atoms with Crippen LogP contribution in [0.1, 0.15) is 13.8 Å². The molecule has 0 bridgehead atoms. The summed E-state index contributed by atoms with van der Waals surface area (Å²) in [4.78, 5) is 11.7. The molecule has 1 amide bonds. The Morgan fingerprint density at radius 1 is 1.27 bits per heavy atom. The summed E-state index contributed by atoms with van der Waals surface area (Å²) in [5.41, 5.74) is 0. The van der Waals surface area contributed by atoms with Crippen LogP contribution in [0.4, 0.5) is 0 Å². The average Bonchev–Trinajstić information content (AvgIpc) is 2.44. The molecule has 0 unspecified atom stereocenters. The van der Waals surface area contributed by atoms with E-state index in [1.807, 2.05) is 32.0 Å². The van der Waals surface area contributed by atoms with Gasteiger partial charge in [0, 0.05) is 19.6 Å². The first-order chi connectivity index (χ1) is 10.3. The molecule has 0 aliphatic heterocycles. The highest BCUT2D eigenvalue weighted by Gasteiger charge is 2.17. The normalized spacial score (nSPS) is 11.7. The predicted molar refractivity (Wildman–Crippen MR) is 86.2 cm³/mol. The molecule has 124 valence electrons. The Bertz CT molecular complexity index is 558. The zero-order valence-corrected chi connectivity index (χ0v) is 14.1. The zero-order valence-electron chi connectivity index (χ0n) is 13.3. The van der Waals surface area contributed by atoms with E-state index in [0.29, 0.717) is 12.3 Å². The fourth-order valence-electron chi connectivity index (χ4n) is 1.84. The van der Waals surface area contributed by atoms with Gasteiger partial charge in [-0.2, -0.15) is 0 Å². The number of carbonyl (C=O) groups excluding carboxylic acids is 1. The zero-order chi connectivity index (χ0) is 16.6. The Balaban J connectivity index is 2.33. The number of ether oxygens (including phenoxy) is 1. The van der Waals surface area contributed by atoms with Crippen LogP contribution in [-0.2, 0) is 14.8 Å². The molecule has 0 aromatic heterocycles. The van der Waals surface area contributed by atoms with Gasteiger partial charge in [-0.05, 0) is 18.1 Å². The summed E-state index contributed by atoms with van der Waals surface area (Å²) < 4.78 is 30.0. The van der Waals surface area contributed by atoms with Crippen molar-refractivity contribution in [3.05, 3.63) is 30.3 Å². The number of nitrogens with zero attached hydrogens (tertiary/aromatic N) is 1. The summed E-state index contributed by atoms with van der Waals surface area (Å²) in [5, 5.41) is 2.66. The van der Waals surface area contributed by atoms with E-state index in [4.69, 9.17) is 4.74 Å². The van der Waals surface area contributed by atoms with Crippen molar-refractivity contribution in [2.24, 2.45) is 5.92 Å². The van der Waals surface area contributed by atoms with Crippen molar-refractivity contribution in [2.75, 3.05) is 32.5 Å². The fraction of sp³-hybridized carbons (Fsp3) is 0.533. The average molecular weight is 328 g/mol. The lowest BCUT2D eigenvalue weighted by Crippen LogP contribution is -2.40. The second-order valence-corrected chi connectivity index (χ2v) is 7.45. The van der Waals surface area contributed by atoms with Crippen LogP contribution in [0.3, 0.4) is 0 Å². The summed E-state index contributed by atoms with van der Waals surface area (Å²) in [6.07, 6.45) is 1.18. The van der Waals surface area contributed by atoms with Gasteiger partial charge in [0.05, 0.1) is 6.26 Å². The van der Waals surface area contributed by atoms with Crippen molar-refractivity contribution in [3.8, 4) is 5.75 Å². The van der Waals surface area contributed by atoms with Gasteiger partial charge >= 0.3 is 0 Å². The topological polar surface area (TPSA) is 75.7 Å². The van der Waals surface area contributed by atoms with Crippen molar-refractivity contribution in [1.29, 1.82) is 0 Å². The van der Waals surface area contributed by atoms with E-state index in [-0.39, 0.29) is 31.5 Å². The largest absolute Gasteiger partial charge is 0.484 e. The smallest absolute Gasteiger partial charge is 0.257 e. The first-order valence-corrected chi connectivity index (χ1v) is 9.03. The van der Waals surface area contributed by atoms with E-state index < -0.39 is 10.0 Å². The number of sulfonamides is 1. The maximum Gasteiger partial charge on any atom is 0.257 e. The van der Waals surface area contributed by atoms with Crippen LogP contribution < -0.4 is 10.1 Å². The summed E-state index contributed by atoms with van der Waals surface area (Å²) in [6, 6.07) is 9.04. The molecule has 0 heterocycles. The van der Waals surface area contributed by atoms with Crippen LogP contribution in [0, 0.1) is 5.92 Å². The quantitative estimate of drug-likeness (QED) is 0.736. The Hall–Kier alpha value is -1.60. The molecule has 0 saturated carbocycles. The van der Waals surface area contributed by atoms with Crippen LogP contribution in [0.25, 0.3) is 0 Å². The molecule has 0 aliphatic carbocycles. The van der Waals surface area contributed by atoms with Gasteiger partial charge < -0.3 is 10.1 Å². The van der Waals surface area contributed by atoms with Gasteiger partial charge in [0.1, 0.15) is 5.75 Å². The highest BCUT2D eigenvalue weighted by atomic mass is 32.2. The van der Waals surface area contributed by atoms with Gasteiger partial charge in [-0.3, -0.25) is 4.79 Å². The van der Waals surface area contributed by atoms with E-state index >= 15 is 0 Å². The molecule has 0 spiro atoms. The summed E-state index contributed by atoms with van der Waals surface area (Å²) >= 11 is 0. The summed E-state index contributed by atoms with van der Waals surface area (Å²) in [5.74, 6) is 0.573. The second kappa shape index (κ2) is 8.75. The third-order valence-corrected chi connectivity index (χ3v) is 4.10. The van der Waals surface area contributed by atoms with Crippen LogP contribution >= 0.6 is 0 Å². The predicted octanol–water partition coefficient (Wildman–Crippen LogP) is 1.10. The second-order valence-electron chi connectivity index (χ2n) is 5.47. The molecule has 0 fully saturated rings. The number of nitrogens with one attached hydrogen (secondary N) is 1. The Labute approximate surface area is 132 Å². The SMILES string of the molecule is CC(C)CN(CCNC(=O)COc1ccccc1)S(C)(=O)=O. The van der Waals surface area contributed by atoms with E-state index in [2.05, 4.69) is 5.32 Å². The highest BCUT2D eigenvalue weighted by Crippen LogP contribution is 2.07. The molecule has 1 N–H and O–H groups in total. The van der Waals surface area contributed by atoms with Gasteiger partial charge in [0.2, 0.25) is 10.0 Å². The lowest BCUT2D eigenvalue weighted by atomic mass is 10.2. The van der Waals surface area contributed by atoms with E-state index in [1.165, 1.54) is 10.6 Å². The molecule has 6 nitrogen and oxygen atoms in total. The molecule has 7 heteroatoms. The number of hydrogen-bond donors (Lipinski definition) is 1. The number of amides is 1. The lowest BCUT2D eigenvalue weighted by molar-refractivity contribution is -0.123. The molecule has 0 radical (unpaired) electrons. The number of benzene rings is 1. The fourth-order valence-corrected chi connectivity index (χ4v) is 2.83. The van der Waals surface area contributed by atoms with Crippen LogP contribution in [0.2, 0.25) is 0 Å². The third kappa shape index (κ3) is 7.42. The molecule has 1 rings (SSSR count). The number of para-hydroxylation sites is 1. The molecular formula is C15H24N2O4S. The van der Waals surface area contributed by atoms with Crippen LogP contribution in [0.15, 0.2) is 30.3 Å². The molecular weight excluding hydrogens is 304 g/mol. The van der Waals surface area contributed by atoms with Gasteiger partial charge in [0.15, 0.2) is 6.61 Å². The van der Waals surface area contributed by atoms with Crippen molar-refractivity contribution in [1.82, 2.24) is 9.62 Å². The molecule has 0 saturated heterocycles. The maximum atomic E-state index is 11.7. The summed E-state index contributed by atoms with van der Waals surface area (Å²) in [6.45, 7) is 4.77. The first kappa shape index (κ1) is 18.4. The molecule has 22 heavy (non-hydrogen) atoms. The van der Waals surface area contributed by atoms with Crippen molar-refractivity contribution in [3.63, 3.8) is 0 Å². The van der Waals surface area contributed by atoms with Gasteiger partial charge in [0.25, 0.3) is 5.91 Å². The Kier molecular flexibility index (Phi) is 7.34. The minimum absolute atomic E-state index is 0.0902. The van der Waals surface area contributed by atoms with Gasteiger partial charge in [-0.15, -0.1) is 0 Å². The van der Waals surface area contributed by atoms with Crippen molar-refractivity contribution in [2.45, 2.75) is 13.8 Å². The first-order valence-electron chi connectivity index (χ1n) is 7.18. The van der Waals surface area contributed by atoms with Crippen molar-refractivity contribution < 1.29 is 17.9 Å². The molecule has 1 aromatic carbocycles. The number of rotatable bonds is 9. The molecule has 0 atom stereocenters. The minimum Gasteiger partial charge on any atom is -0.484 e. The van der Waals surface area contributed by atoms with Gasteiger partial charge in [-0.1, -0.05) is 32.0 Å². The van der Waals surface area contributed by atoms with Crippen LogP contribution in [-0.4, -0.2) is 51.1 Å². The Morgan fingerprint density at radius 2 is 1.91 bits per heavy atom. The number of hydrogen-bond acceptors (Lipinski definition) is 4. The third-order valence-electron chi connectivity index (χ3n) is 2.83. The molecule has 1 aromatic rings. The molecule has 0 aliphatic rings. The van der Waals surface area contributed by atoms with E-state index in [9.17, 15) is 13.2 Å². The van der Waals surface area contributed by atoms with Gasteiger partial charge in [-0.25, -0.2) is 12.7 Å². The lowest BCUT2D eigenvalue weighted by Gasteiger charge is -2.22. The highest BCUT2D eigenvalue weighted by molar-refractivity contribution is 7.88. The van der Waals surface area contributed by atoms with E-state index in [1.54, 1.807) is 12.1 Å². The van der Waals surface area contributed by atoms with E-state index in [0.717, 1.165) is 0 Å². The standard InChI is InChI=1S/C15H24N2O4S/c1-13(2)11-17(22(3,19)20)10-9-16-15(18)12-21-14-7-5-4-6-8-14/h4-8,13H,9-12H2,1-3H3,(H,16,18). The van der Waals surface area contributed by atoms with Crippen LogP contribution in [0.5, 0.6) is 5.75 Å².